The molecule has 1 aliphatic rings. The van der Waals surface area contributed by atoms with Crippen LogP contribution in [0.1, 0.15) is 6.42 Å². The van der Waals surface area contributed by atoms with Gasteiger partial charge in [0, 0.05) is 19.8 Å². The van der Waals surface area contributed by atoms with Gasteiger partial charge in [-0.15, -0.1) is 0 Å². The summed E-state index contributed by atoms with van der Waals surface area (Å²) in [6.45, 7) is 0.692. The van der Waals surface area contributed by atoms with Crippen LogP contribution in [-0.4, -0.2) is 45.1 Å². The highest BCUT2D eigenvalue weighted by Crippen LogP contribution is 2.23. The Bertz CT molecular complexity index is 568. The Kier molecular flexibility index (Phi) is 3.30. The molecule has 2 rings (SSSR count). The third kappa shape index (κ3) is 2.48. The summed E-state index contributed by atoms with van der Waals surface area (Å²) in [7, 11) is -1.55. The van der Waals surface area contributed by atoms with Gasteiger partial charge in [-0.05, 0) is 18.6 Å². The standard InChI is InChI=1S/C12H16N2O3S/c1-14-8-7-10(12(14)15)13-9-5-3-4-6-11(9)18(2,16)17/h3-6,10,13H,7-8H2,1-2H3. The number of nitrogens with one attached hydrogen (secondary N) is 1. The van der Waals surface area contributed by atoms with Crippen molar-refractivity contribution in [2.24, 2.45) is 0 Å². The van der Waals surface area contributed by atoms with Crippen LogP contribution >= 0.6 is 0 Å². The van der Waals surface area contributed by atoms with Crippen molar-refractivity contribution in [3.8, 4) is 0 Å². The molecule has 0 saturated carbocycles. The van der Waals surface area contributed by atoms with Crippen molar-refractivity contribution in [3.63, 3.8) is 0 Å². The molecule has 6 heteroatoms. The van der Waals surface area contributed by atoms with Crippen LogP contribution in [0.25, 0.3) is 0 Å². The Balaban J connectivity index is 2.28. The van der Waals surface area contributed by atoms with E-state index in [9.17, 15) is 13.2 Å². The van der Waals surface area contributed by atoms with Crippen LogP contribution in [0.2, 0.25) is 0 Å². The molecule has 0 spiro atoms. The average Bonchev–Trinajstić information content (AvgIpc) is 2.60. The third-order valence-electron chi connectivity index (χ3n) is 3.04. The molecule has 0 radical (unpaired) electrons. The molecular weight excluding hydrogens is 252 g/mol. The number of sulfone groups is 1. The number of anilines is 1. The molecule has 1 N–H and O–H groups in total. The lowest BCUT2D eigenvalue weighted by Gasteiger charge is -2.15. The number of likely N-dealkylation sites (tertiary alicyclic amines) is 1. The van der Waals surface area contributed by atoms with Crippen molar-refractivity contribution in [3.05, 3.63) is 24.3 Å². The molecule has 0 bridgehead atoms. The molecule has 5 nitrogen and oxygen atoms in total. The molecule has 1 aromatic rings. The first-order chi connectivity index (χ1) is 8.39. The summed E-state index contributed by atoms with van der Waals surface area (Å²) in [6, 6.07) is 6.31. The average molecular weight is 268 g/mol. The predicted molar refractivity (Wildman–Crippen MR) is 69.2 cm³/mol. The van der Waals surface area contributed by atoms with Crippen LogP contribution in [0.15, 0.2) is 29.2 Å². The Labute approximate surface area is 107 Å². The van der Waals surface area contributed by atoms with Crippen molar-refractivity contribution in [2.45, 2.75) is 17.4 Å². The van der Waals surface area contributed by atoms with Crippen LogP contribution < -0.4 is 5.32 Å². The second kappa shape index (κ2) is 4.61. The van der Waals surface area contributed by atoms with Gasteiger partial charge in [0.2, 0.25) is 5.91 Å². The zero-order valence-corrected chi connectivity index (χ0v) is 11.2. The van der Waals surface area contributed by atoms with E-state index in [1.807, 2.05) is 0 Å². The van der Waals surface area contributed by atoms with Gasteiger partial charge in [-0.1, -0.05) is 12.1 Å². The lowest BCUT2D eigenvalue weighted by molar-refractivity contribution is -0.127. The van der Waals surface area contributed by atoms with Crippen LogP contribution in [0.3, 0.4) is 0 Å². The summed E-state index contributed by atoms with van der Waals surface area (Å²) in [6.07, 6.45) is 1.85. The minimum absolute atomic E-state index is 0.00157. The molecule has 1 aromatic carbocycles. The van der Waals surface area contributed by atoms with E-state index >= 15 is 0 Å². The summed E-state index contributed by atoms with van der Waals surface area (Å²) in [5, 5.41) is 3.03. The fourth-order valence-corrected chi connectivity index (χ4v) is 2.91. The Morgan fingerprint density at radius 1 is 1.33 bits per heavy atom. The van der Waals surface area contributed by atoms with Crippen molar-refractivity contribution >= 4 is 21.4 Å². The zero-order chi connectivity index (χ0) is 13.3. The van der Waals surface area contributed by atoms with Gasteiger partial charge in [-0.2, -0.15) is 0 Å². The van der Waals surface area contributed by atoms with Crippen molar-refractivity contribution in [1.82, 2.24) is 4.90 Å². The van der Waals surface area contributed by atoms with Crippen LogP contribution in [-0.2, 0) is 14.6 Å². The number of benzene rings is 1. The largest absolute Gasteiger partial charge is 0.373 e. The molecule has 98 valence electrons. The minimum atomic E-state index is -3.29. The van der Waals surface area contributed by atoms with E-state index in [4.69, 9.17) is 0 Å². The number of hydrogen-bond donors (Lipinski definition) is 1. The van der Waals surface area contributed by atoms with E-state index in [1.165, 1.54) is 0 Å². The number of nitrogens with zero attached hydrogens (tertiary/aromatic N) is 1. The van der Waals surface area contributed by atoms with Crippen molar-refractivity contribution in [1.29, 1.82) is 0 Å². The van der Waals surface area contributed by atoms with Gasteiger partial charge in [0.15, 0.2) is 9.84 Å². The molecule has 1 heterocycles. The number of likely N-dealkylation sites (N-methyl/N-ethyl adjacent to an activating group) is 1. The van der Waals surface area contributed by atoms with E-state index in [0.717, 1.165) is 6.26 Å². The topological polar surface area (TPSA) is 66.5 Å². The van der Waals surface area contributed by atoms with Crippen LogP contribution in [0.5, 0.6) is 0 Å². The van der Waals surface area contributed by atoms with E-state index < -0.39 is 9.84 Å². The molecule has 0 aliphatic carbocycles. The predicted octanol–water partition coefficient (Wildman–Crippen LogP) is 0.733. The molecule has 1 unspecified atom stereocenters. The number of carbonyl (C=O) groups excluding carboxylic acids is 1. The minimum Gasteiger partial charge on any atom is -0.373 e. The first-order valence-corrected chi connectivity index (χ1v) is 7.59. The summed E-state index contributed by atoms with van der Waals surface area (Å²) < 4.78 is 23.3. The highest BCUT2D eigenvalue weighted by molar-refractivity contribution is 7.90. The van der Waals surface area contributed by atoms with Gasteiger partial charge in [-0.3, -0.25) is 4.79 Å². The second-order valence-electron chi connectivity index (χ2n) is 4.51. The molecule has 1 amide bonds. The summed E-state index contributed by atoms with van der Waals surface area (Å²) in [5.41, 5.74) is 0.494. The smallest absolute Gasteiger partial charge is 0.244 e. The normalized spacial score (nSPS) is 20.2. The molecule has 1 saturated heterocycles. The molecule has 18 heavy (non-hydrogen) atoms. The maximum atomic E-state index is 11.8. The van der Waals surface area contributed by atoms with Crippen LogP contribution in [0, 0.1) is 0 Å². The van der Waals surface area contributed by atoms with Gasteiger partial charge in [-0.25, -0.2) is 8.42 Å². The molecule has 1 atom stereocenters. The highest BCUT2D eigenvalue weighted by Gasteiger charge is 2.29. The zero-order valence-electron chi connectivity index (χ0n) is 10.4. The molecular formula is C12H16N2O3S. The lowest BCUT2D eigenvalue weighted by atomic mass is 10.2. The quantitative estimate of drug-likeness (QED) is 0.877. The summed E-state index contributed by atoms with van der Waals surface area (Å²) in [5.74, 6) is -0.00157. The second-order valence-corrected chi connectivity index (χ2v) is 6.50. The molecule has 1 fully saturated rings. The maximum absolute atomic E-state index is 11.8. The number of rotatable bonds is 3. The third-order valence-corrected chi connectivity index (χ3v) is 4.20. The van der Waals surface area contributed by atoms with Gasteiger partial charge in [0.1, 0.15) is 6.04 Å². The number of carbonyl (C=O) groups is 1. The number of para-hydroxylation sites is 1. The number of hydrogen-bond acceptors (Lipinski definition) is 4. The van der Waals surface area contributed by atoms with E-state index in [0.29, 0.717) is 18.7 Å². The fourth-order valence-electron chi connectivity index (χ4n) is 2.05. The van der Waals surface area contributed by atoms with E-state index in [1.54, 1.807) is 36.2 Å². The monoisotopic (exact) mass is 268 g/mol. The Hall–Kier alpha value is -1.56. The first-order valence-electron chi connectivity index (χ1n) is 5.70. The maximum Gasteiger partial charge on any atom is 0.244 e. The lowest BCUT2D eigenvalue weighted by Crippen LogP contribution is -2.31. The van der Waals surface area contributed by atoms with Gasteiger partial charge in [0.05, 0.1) is 10.6 Å². The van der Waals surface area contributed by atoms with Gasteiger partial charge >= 0.3 is 0 Å². The highest BCUT2D eigenvalue weighted by atomic mass is 32.2. The first kappa shape index (κ1) is 12.9. The van der Waals surface area contributed by atoms with Crippen molar-refractivity contribution in [2.75, 3.05) is 25.2 Å². The van der Waals surface area contributed by atoms with E-state index in [-0.39, 0.29) is 16.8 Å². The summed E-state index contributed by atoms with van der Waals surface area (Å²) in [4.78, 5) is 13.7. The molecule has 0 aromatic heterocycles. The fraction of sp³-hybridized carbons (Fsp3) is 0.417. The van der Waals surface area contributed by atoms with Crippen molar-refractivity contribution < 1.29 is 13.2 Å². The summed E-state index contributed by atoms with van der Waals surface area (Å²) >= 11 is 0. The molecule has 1 aliphatic heterocycles. The van der Waals surface area contributed by atoms with Gasteiger partial charge in [0.25, 0.3) is 0 Å². The van der Waals surface area contributed by atoms with Gasteiger partial charge < -0.3 is 10.2 Å². The van der Waals surface area contributed by atoms with Crippen LogP contribution in [0.4, 0.5) is 5.69 Å². The number of amides is 1. The SMILES string of the molecule is CN1CCC(Nc2ccccc2S(C)(=O)=O)C1=O. The Morgan fingerprint density at radius 2 is 2.00 bits per heavy atom. The van der Waals surface area contributed by atoms with E-state index in [2.05, 4.69) is 5.32 Å². The Morgan fingerprint density at radius 3 is 2.56 bits per heavy atom.